The van der Waals surface area contributed by atoms with E-state index in [1.54, 1.807) is 4.90 Å². The zero-order chi connectivity index (χ0) is 19.7. The lowest BCUT2D eigenvalue weighted by atomic mass is 9.91. The fourth-order valence-electron chi connectivity index (χ4n) is 4.54. The first-order valence-electron chi connectivity index (χ1n) is 9.94. The third kappa shape index (κ3) is 3.64. The predicted octanol–water partition coefficient (Wildman–Crippen LogP) is 3.32. The number of fused-ring (bicyclic) bond motifs is 3. The van der Waals surface area contributed by atoms with Gasteiger partial charge in [-0.2, -0.15) is 0 Å². The predicted molar refractivity (Wildman–Crippen MR) is 109 cm³/mol. The Morgan fingerprint density at radius 1 is 1.07 bits per heavy atom. The van der Waals surface area contributed by atoms with Crippen molar-refractivity contribution in [3.8, 4) is 11.1 Å². The highest BCUT2D eigenvalue weighted by Crippen LogP contribution is 2.44. The Morgan fingerprint density at radius 3 is 2.14 bits per heavy atom. The minimum absolute atomic E-state index is 0.0758. The van der Waals surface area contributed by atoms with Gasteiger partial charge in [-0.3, -0.25) is 0 Å². The Morgan fingerprint density at radius 2 is 1.61 bits per heavy atom. The minimum atomic E-state index is -0.719. The molecule has 5 heteroatoms. The number of carbonyl (C=O) groups excluding carboxylic acids is 1. The Bertz CT molecular complexity index is 811. The standard InChI is InChI=1S/C23H28N2O3/c1-24(2)16-23(27)11-13-25(14-12-23)22(26)28-15-21-19-9-5-3-7-17(19)18-8-4-6-10-20(18)21/h3-10,21,27H,11-16H2,1-2H3. The van der Waals surface area contributed by atoms with Crippen molar-refractivity contribution in [1.29, 1.82) is 0 Å². The van der Waals surface area contributed by atoms with E-state index in [-0.39, 0.29) is 12.0 Å². The monoisotopic (exact) mass is 380 g/mol. The van der Waals surface area contributed by atoms with E-state index in [1.165, 1.54) is 22.3 Å². The number of benzene rings is 2. The van der Waals surface area contributed by atoms with Gasteiger partial charge < -0.3 is 19.6 Å². The lowest BCUT2D eigenvalue weighted by Crippen LogP contribution is -2.51. The third-order valence-corrected chi connectivity index (χ3v) is 5.90. The largest absolute Gasteiger partial charge is 0.448 e. The number of ether oxygens (including phenoxy) is 1. The zero-order valence-electron chi connectivity index (χ0n) is 16.6. The van der Waals surface area contributed by atoms with Crippen LogP contribution in [0.4, 0.5) is 4.79 Å². The highest BCUT2D eigenvalue weighted by molar-refractivity contribution is 5.79. The summed E-state index contributed by atoms with van der Waals surface area (Å²) in [6.45, 7) is 2.01. The van der Waals surface area contributed by atoms with Crippen LogP contribution in [0.1, 0.15) is 29.9 Å². The smallest absolute Gasteiger partial charge is 0.409 e. The second kappa shape index (κ2) is 7.57. The molecule has 1 aliphatic carbocycles. The van der Waals surface area contributed by atoms with Crippen molar-refractivity contribution < 1.29 is 14.6 Å². The van der Waals surface area contributed by atoms with E-state index in [1.807, 2.05) is 43.3 Å². The SMILES string of the molecule is CN(C)CC1(O)CCN(C(=O)OCC2c3ccccc3-c3ccccc32)CC1. The van der Waals surface area contributed by atoms with E-state index in [2.05, 4.69) is 24.3 Å². The fraction of sp³-hybridized carbons (Fsp3) is 0.435. The van der Waals surface area contributed by atoms with E-state index in [9.17, 15) is 9.90 Å². The Kier molecular flexibility index (Phi) is 5.13. The van der Waals surface area contributed by atoms with Gasteiger partial charge in [0.2, 0.25) is 0 Å². The lowest BCUT2D eigenvalue weighted by molar-refractivity contribution is -0.0357. The molecule has 0 aromatic heterocycles. The number of likely N-dealkylation sites (tertiary alicyclic amines) is 1. The Balaban J connectivity index is 1.40. The maximum atomic E-state index is 12.6. The van der Waals surface area contributed by atoms with E-state index in [0.717, 1.165) is 0 Å². The molecule has 1 amide bonds. The Labute approximate surface area is 166 Å². The van der Waals surface area contributed by atoms with Crippen molar-refractivity contribution in [3.63, 3.8) is 0 Å². The van der Waals surface area contributed by atoms with Crippen LogP contribution < -0.4 is 0 Å². The van der Waals surface area contributed by atoms with Gasteiger partial charge >= 0.3 is 6.09 Å². The molecule has 148 valence electrons. The zero-order valence-corrected chi connectivity index (χ0v) is 16.6. The van der Waals surface area contributed by atoms with Crippen molar-refractivity contribution >= 4 is 6.09 Å². The fourth-order valence-corrected chi connectivity index (χ4v) is 4.54. The van der Waals surface area contributed by atoms with Crippen LogP contribution in [0.5, 0.6) is 0 Å². The molecule has 0 spiro atoms. The van der Waals surface area contributed by atoms with Gasteiger partial charge in [0.1, 0.15) is 6.61 Å². The number of likely N-dealkylation sites (N-methyl/N-ethyl adjacent to an activating group) is 1. The molecule has 28 heavy (non-hydrogen) atoms. The van der Waals surface area contributed by atoms with Gasteiger partial charge in [0.25, 0.3) is 0 Å². The van der Waals surface area contributed by atoms with Crippen LogP contribution in [-0.2, 0) is 4.74 Å². The van der Waals surface area contributed by atoms with Gasteiger partial charge in [0, 0.05) is 25.6 Å². The van der Waals surface area contributed by atoms with E-state index in [0.29, 0.717) is 39.1 Å². The average molecular weight is 380 g/mol. The molecule has 2 aliphatic rings. The van der Waals surface area contributed by atoms with Gasteiger partial charge in [-0.15, -0.1) is 0 Å². The molecule has 1 N–H and O–H groups in total. The summed E-state index contributed by atoms with van der Waals surface area (Å²) < 4.78 is 5.72. The first-order chi connectivity index (χ1) is 13.5. The van der Waals surface area contributed by atoms with Gasteiger partial charge in [-0.1, -0.05) is 48.5 Å². The van der Waals surface area contributed by atoms with Crippen LogP contribution in [0.3, 0.4) is 0 Å². The molecule has 1 aliphatic heterocycles. The second-order valence-corrected chi connectivity index (χ2v) is 8.25. The molecular formula is C23H28N2O3. The molecule has 2 aromatic rings. The molecule has 0 radical (unpaired) electrons. The molecule has 0 saturated carbocycles. The highest BCUT2D eigenvalue weighted by atomic mass is 16.6. The summed E-state index contributed by atoms with van der Waals surface area (Å²) in [5.41, 5.74) is 4.17. The molecule has 1 saturated heterocycles. The maximum Gasteiger partial charge on any atom is 0.409 e. The highest BCUT2D eigenvalue weighted by Gasteiger charge is 2.35. The van der Waals surface area contributed by atoms with Gasteiger partial charge in [-0.25, -0.2) is 4.79 Å². The molecule has 0 bridgehead atoms. The average Bonchev–Trinajstić information content (AvgIpc) is 3.00. The summed E-state index contributed by atoms with van der Waals surface area (Å²) >= 11 is 0. The van der Waals surface area contributed by atoms with Crippen LogP contribution >= 0.6 is 0 Å². The number of hydrogen-bond donors (Lipinski definition) is 1. The van der Waals surface area contributed by atoms with Gasteiger partial charge in [0.05, 0.1) is 5.60 Å². The van der Waals surface area contributed by atoms with Crippen molar-refractivity contribution in [1.82, 2.24) is 9.80 Å². The molecule has 0 unspecified atom stereocenters. The van der Waals surface area contributed by atoms with Crippen molar-refractivity contribution in [3.05, 3.63) is 59.7 Å². The minimum Gasteiger partial charge on any atom is -0.448 e. The number of hydrogen-bond acceptors (Lipinski definition) is 4. The molecule has 0 atom stereocenters. The molecule has 2 aromatic carbocycles. The number of nitrogens with zero attached hydrogens (tertiary/aromatic N) is 2. The summed E-state index contributed by atoms with van der Waals surface area (Å²) in [6.07, 6.45) is 0.874. The van der Waals surface area contributed by atoms with Crippen molar-refractivity contribution in [2.24, 2.45) is 0 Å². The van der Waals surface area contributed by atoms with Crippen LogP contribution in [0.2, 0.25) is 0 Å². The summed E-state index contributed by atoms with van der Waals surface area (Å²) in [7, 11) is 3.91. The quantitative estimate of drug-likeness (QED) is 0.884. The molecule has 5 nitrogen and oxygen atoms in total. The summed E-state index contributed by atoms with van der Waals surface area (Å²) in [5.74, 6) is 0.0758. The van der Waals surface area contributed by atoms with Gasteiger partial charge in [-0.05, 0) is 49.2 Å². The van der Waals surface area contributed by atoms with Crippen LogP contribution in [0, 0.1) is 0 Å². The first-order valence-corrected chi connectivity index (χ1v) is 9.94. The third-order valence-electron chi connectivity index (χ3n) is 5.90. The topological polar surface area (TPSA) is 53.0 Å². The Hall–Kier alpha value is -2.37. The first kappa shape index (κ1) is 19.0. The molecule has 1 heterocycles. The lowest BCUT2D eigenvalue weighted by Gasteiger charge is -2.39. The van der Waals surface area contributed by atoms with Crippen LogP contribution in [-0.4, -0.2) is 66.9 Å². The van der Waals surface area contributed by atoms with Crippen LogP contribution in [0.25, 0.3) is 11.1 Å². The summed E-state index contributed by atoms with van der Waals surface area (Å²) in [5, 5.41) is 10.6. The number of aliphatic hydroxyl groups is 1. The van der Waals surface area contributed by atoms with Crippen molar-refractivity contribution in [2.45, 2.75) is 24.4 Å². The number of piperidine rings is 1. The van der Waals surface area contributed by atoms with E-state index >= 15 is 0 Å². The molecule has 4 rings (SSSR count). The van der Waals surface area contributed by atoms with Crippen LogP contribution in [0.15, 0.2) is 48.5 Å². The summed E-state index contributed by atoms with van der Waals surface area (Å²) in [6, 6.07) is 16.7. The summed E-state index contributed by atoms with van der Waals surface area (Å²) in [4.78, 5) is 16.3. The van der Waals surface area contributed by atoms with Crippen molar-refractivity contribution in [2.75, 3.05) is 40.3 Å². The second-order valence-electron chi connectivity index (χ2n) is 8.25. The number of rotatable bonds is 4. The molecule has 1 fully saturated rings. The number of amides is 1. The molecular weight excluding hydrogens is 352 g/mol. The normalized spacial score (nSPS) is 18.1. The maximum absolute atomic E-state index is 12.6. The van der Waals surface area contributed by atoms with E-state index < -0.39 is 5.60 Å². The number of carbonyl (C=O) groups is 1. The van der Waals surface area contributed by atoms with Gasteiger partial charge in [0.15, 0.2) is 0 Å². The van der Waals surface area contributed by atoms with E-state index in [4.69, 9.17) is 4.74 Å².